The summed E-state index contributed by atoms with van der Waals surface area (Å²) < 4.78 is 15.1. The highest BCUT2D eigenvalue weighted by Crippen LogP contribution is 2.41. The summed E-state index contributed by atoms with van der Waals surface area (Å²) in [7, 11) is 0. The van der Waals surface area contributed by atoms with E-state index in [0.717, 1.165) is 88.1 Å². The standard InChI is InChI=1S/C45H26N4O2/c1-2-13-27(14-3-1)49-36-23-7-4-15-28(36)30-18-10-21-34(41(30)49)44-46-43(33-20-12-26-39-40(33)32-17-6-9-25-38(32)50-39)47-45(48-44)35-22-11-19-31-29-16-5-8-24-37(29)51-42(31)35/h1-26H. The van der Waals surface area contributed by atoms with E-state index in [1.54, 1.807) is 0 Å². The highest BCUT2D eigenvalue weighted by atomic mass is 16.3. The van der Waals surface area contributed by atoms with Gasteiger partial charge in [0.05, 0.1) is 16.6 Å². The van der Waals surface area contributed by atoms with Crippen molar-refractivity contribution in [3.8, 4) is 39.9 Å². The van der Waals surface area contributed by atoms with Gasteiger partial charge in [0, 0.05) is 49.1 Å². The second-order valence-corrected chi connectivity index (χ2v) is 12.8. The third-order valence-corrected chi connectivity index (χ3v) is 9.87. The number of hydrogen-bond acceptors (Lipinski definition) is 5. The molecule has 0 saturated heterocycles. The largest absolute Gasteiger partial charge is 0.456 e. The molecule has 4 heterocycles. The van der Waals surface area contributed by atoms with Gasteiger partial charge < -0.3 is 13.4 Å². The van der Waals surface area contributed by atoms with E-state index in [4.69, 9.17) is 23.8 Å². The molecule has 6 heteroatoms. The maximum absolute atomic E-state index is 6.51. The number of aromatic nitrogens is 4. The third-order valence-electron chi connectivity index (χ3n) is 9.87. The molecule has 0 saturated carbocycles. The van der Waals surface area contributed by atoms with Gasteiger partial charge in [-0.1, -0.05) is 109 Å². The van der Waals surface area contributed by atoms with E-state index >= 15 is 0 Å². The number of nitrogens with zero attached hydrogens (tertiary/aromatic N) is 4. The van der Waals surface area contributed by atoms with Crippen molar-refractivity contribution in [2.75, 3.05) is 0 Å². The molecule has 11 rings (SSSR count). The fourth-order valence-corrected chi connectivity index (χ4v) is 7.67. The van der Waals surface area contributed by atoms with Gasteiger partial charge in [0.15, 0.2) is 17.5 Å². The Labute approximate surface area is 290 Å². The molecule has 6 nitrogen and oxygen atoms in total. The monoisotopic (exact) mass is 654 g/mol. The normalized spacial score (nSPS) is 11.9. The van der Waals surface area contributed by atoms with Crippen molar-refractivity contribution in [3.63, 3.8) is 0 Å². The molecular weight excluding hydrogens is 629 g/mol. The van der Waals surface area contributed by atoms with Crippen molar-refractivity contribution in [1.82, 2.24) is 19.5 Å². The molecule has 0 amide bonds. The molecule has 0 bridgehead atoms. The molecule has 0 radical (unpaired) electrons. The molecular formula is C45H26N4O2. The van der Waals surface area contributed by atoms with Gasteiger partial charge in [-0.05, 0) is 48.5 Å². The summed E-state index contributed by atoms with van der Waals surface area (Å²) >= 11 is 0. The van der Waals surface area contributed by atoms with Crippen molar-refractivity contribution in [3.05, 3.63) is 158 Å². The van der Waals surface area contributed by atoms with Crippen LogP contribution in [0.2, 0.25) is 0 Å². The molecule has 51 heavy (non-hydrogen) atoms. The zero-order chi connectivity index (χ0) is 33.5. The van der Waals surface area contributed by atoms with Crippen molar-refractivity contribution in [1.29, 1.82) is 0 Å². The van der Waals surface area contributed by atoms with Crippen LogP contribution >= 0.6 is 0 Å². The van der Waals surface area contributed by atoms with Crippen LogP contribution in [0.3, 0.4) is 0 Å². The smallest absolute Gasteiger partial charge is 0.167 e. The maximum Gasteiger partial charge on any atom is 0.167 e. The van der Waals surface area contributed by atoms with Gasteiger partial charge >= 0.3 is 0 Å². The molecule has 4 aromatic heterocycles. The number of fused-ring (bicyclic) bond motifs is 9. The first-order valence-electron chi connectivity index (χ1n) is 17.0. The summed E-state index contributed by atoms with van der Waals surface area (Å²) in [6.45, 7) is 0. The Bertz CT molecular complexity index is 3150. The second kappa shape index (κ2) is 10.7. The Morgan fingerprint density at radius 3 is 1.75 bits per heavy atom. The van der Waals surface area contributed by atoms with Gasteiger partial charge in [-0.15, -0.1) is 0 Å². The van der Waals surface area contributed by atoms with Crippen LogP contribution < -0.4 is 0 Å². The Morgan fingerprint density at radius 1 is 0.373 bits per heavy atom. The van der Waals surface area contributed by atoms with Crippen LogP contribution in [0.1, 0.15) is 0 Å². The summed E-state index contributed by atoms with van der Waals surface area (Å²) in [6.07, 6.45) is 0. The van der Waals surface area contributed by atoms with Crippen LogP contribution in [-0.4, -0.2) is 19.5 Å². The minimum atomic E-state index is 0.531. The fourth-order valence-electron chi connectivity index (χ4n) is 7.67. The van der Waals surface area contributed by atoms with Crippen LogP contribution in [0.4, 0.5) is 0 Å². The minimum Gasteiger partial charge on any atom is -0.456 e. The zero-order valence-corrected chi connectivity index (χ0v) is 27.1. The predicted octanol–water partition coefficient (Wildman–Crippen LogP) is 11.8. The summed E-state index contributed by atoms with van der Waals surface area (Å²) in [5, 5.41) is 6.33. The van der Waals surface area contributed by atoms with Gasteiger partial charge in [0.25, 0.3) is 0 Å². The van der Waals surface area contributed by atoms with Gasteiger partial charge in [-0.25, -0.2) is 15.0 Å². The molecule has 0 N–H and O–H groups in total. The first-order valence-corrected chi connectivity index (χ1v) is 17.0. The van der Waals surface area contributed by atoms with Crippen LogP contribution in [-0.2, 0) is 0 Å². The van der Waals surface area contributed by atoms with Crippen molar-refractivity contribution in [2.24, 2.45) is 0 Å². The lowest BCUT2D eigenvalue weighted by Gasteiger charge is -2.13. The first-order chi connectivity index (χ1) is 25.3. The molecule has 0 aliphatic carbocycles. The zero-order valence-electron chi connectivity index (χ0n) is 27.1. The molecule has 0 spiro atoms. The molecule has 11 aromatic rings. The number of hydrogen-bond donors (Lipinski definition) is 0. The van der Waals surface area contributed by atoms with Crippen molar-refractivity contribution >= 4 is 65.7 Å². The van der Waals surface area contributed by atoms with E-state index in [1.165, 1.54) is 0 Å². The van der Waals surface area contributed by atoms with E-state index in [-0.39, 0.29) is 0 Å². The number of furan rings is 2. The molecule has 0 aliphatic rings. The second-order valence-electron chi connectivity index (χ2n) is 12.8. The summed E-state index contributed by atoms with van der Waals surface area (Å²) in [5.74, 6) is 1.65. The van der Waals surface area contributed by atoms with E-state index < -0.39 is 0 Å². The van der Waals surface area contributed by atoms with Crippen LogP contribution in [0.5, 0.6) is 0 Å². The Hall–Kier alpha value is -7.05. The average molecular weight is 655 g/mol. The number of para-hydroxylation sites is 6. The lowest BCUT2D eigenvalue weighted by atomic mass is 10.0. The van der Waals surface area contributed by atoms with Gasteiger partial charge in [-0.2, -0.15) is 0 Å². The SMILES string of the molecule is c1ccc(-n2c3ccccc3c3cccc(-c4nc(-c5cccc6c5oc5ccccc56)nc(-c5cccc6oc7ccccc7c56)n4)c32)cc1. The lowest BCUT2D eigenvalue weighted by Crippen LogP contribution is -2.02. The van der Waals surface area contributed by atoms with Gasteiger partial charge in [0.2, 0.25) is 0 Å². The molecule has 238 valence electrons. The quantitative estimate of drug-likeness (QED) is 0.189. The van der Waals surface area contributed by atoms with E-state index in [9.17, 15) is 0 Å². The van der Waals surface area contributed by atoms with E-state index in [1.807, 2.05) is 66.7 Å². The number of benzene rings is 7. The highest BCUT2D eigenvalue weighted by molar-refractivity contribution is 6.15. The van der Waals surface area contributed by atoms with Gasteiger partial charge in [-0.3, -0.25) is 0 Å². The lowest BCUT2D eigenvalue weighted by molar-refractivity contribution is 0.668. The topological polar surface area (TPSA) is 69.9 Å². The average Bonchev–Trinajstić information content (AvgIpc) is 3.88. The van der Waals surface area contributed by atoms with Crippen molar-refractivity contribution in [2.45, 2.75) is 0 Å². The molecule has 0 unspecified atom stereocenters. The highest BCUT2D eigenvalue weighted by Gasteiger charge is 2.23. The molecule has 0 aliphatic heterocycles. The van der Waals surface area contributed by atoms with E-state index in [0.29, 0.717) is 17.5 Å². The van der Waals surface area contributed by atoms with Crippen molar-refractivity contribution < 1.29 is 8.83 Å². The van der Waals surface area contributed by atoms with Crippen LogP contribution in [0.15, 0.2) is 167 Å². The van der Waals surface area contributed by atoms with Gasteiger partial charge in [0.1, 0.15) is 22.3 Å². The first kappa shape index (κ1) is 27.9. The molecule has 7 aromatic carbocycles. The minimum absolute atomic E-state index is 0.531. The third kappa shape index (κ3) is 4.14. The predicted molar refractivity (Wildman–Crippen MR) is 205 cm³/mol. The Balaban J connectivity index is 1.26. The molecule has 0 atom stereocenters. The summed E-state index contributed by atoms with van der Waals surface area (Å²) in [4.78, 5) is 15.8. The molecule has 0 fully saturated rings. The Kier molecular flexibility index (Phi) is 5.86. The Morgan fingerprint density at radius 2 is 0.922 bits per heavy atom. The summed E-state index contributed by atoms with van der Waals surface area (Å²) in [6, 6.07) is 53.8. The fraction of sp³-hybridized carbons (Fsp3) is 0. The summed E-state index contributed by atoms with van der Waals surface area (Å²) in [5.41, 5.74) is 8.94. The van der Waals surface area contributed by atoms with E-state index in [2.05, 4.69) is 95.6 Å². The maximum atomic E-state index is 6.51. The van der Waals surface area contributed by atoms with Crippen LogP contribution in [0, 0.1) is 0 Å². The van der Waals surface area contributed by atoms with Crippen LogP contribution in [0.25, 0.3) is 106 Å². The number of rotatable bonds is 4.